The van der Waals surface area contributed by atoms with Gasteiger partial charge in [0.1, 0.15) is 5.75 Å². The van der Waals surface area contributed by atoms with Gasteiger partial charge < -0.3 is 20.7 Å². The topological polar surface area (TPSA) is 50.5 Å². The van der Waals surface area contributed by atoms with Gasteiger partial charge >= 0.3 is 0 Å². The minimum Gasteiger partial charge on any atom is -0.491 e. The fraction of sp³-hybridized carbons (Fsp3) is 0.600. The maximum Gasteiger partial charge on any atom is 0.144 e. The number of nitrogen functional groups attached to an aromatic ring is 1. The molecule has 2 rings (SSSR count). The number of nitrogens with one attached hydrogen (secondary N) is 1. The molecule has 3 N–H and O–H groups in total. The van der Waals surface area contributed by atoms with E-state index in [1.807, 2.05) is 18.2 Å². The van der Waals surface area contributed by atoms with Crippen LogP contribution in [0.5, 0.6) is 5.75 Å². The summed E-state index contributed by atoms with van der Waals surface area (Å²) in [5.41, 5.74) is 7.70. The number of rotatable bonds is 6. The second-order valence-electron chi connectivity index (χ2n) is 5.26. The zero-order chi connectivity index (χ0) is 13.7. The molecule has 0 aromatic heterocycles. The van der Waals surface area contributed by atoms with E-state index in [4.69, 9.17) is 10.5 Å². The Morgan fingerprint density at radius 3 is 3.00 bits per heavy atom. The van der Waals surface area contributed by atoms with Crippen molar-refractivity contribution in [2.45, 2.75) is 32.2 Å². The third-order valence-electron chi connectivity index (χ3n) is 3.69. The average molecular weight is 263 g/mol. The molecule has 1 heterocycles. The minimum atomic E-state index is 0.637. The minimum absolute atomic E-state index is 0.637. The number of ether oxygens (including phenoxy) is 1. The van der Waals surface area contributed by atoms with E-state index in [-0.39, 0.29) is 0 Å². The number of likely N-dealkylation sites (tertiary alicyclic amines) is 1. The van der Waals surface area contributed by atoms with Crippen LogP contribution in [0.4, 0.5) is 11.4 Å². The van der Waals surface area contributed by atoms with Crippen molar-refractivity contribution in [2.75, 3.05) is 37.8 Å². The molecule has 1 saturated heterocycles. The Balaban J connectivity index is 1.92. The molecule has 1 aromatic carbocycles. The van der Waals surface area contributed by atoms with E-state index in [1.54, 1.807) is 0 Å². The molecule has 4 nitrogen and oxygen atoms in total. The van der Waals surface area contributed by atoms with E-state index >= 15 is 0 Å². The highest BCUT2D eigenvalue weighted by Gasteiger charge is 2.20. The van der Waals surface area contributed by atoms with Crippen molar-refractivity contribution in [3.05, 3.63) is 18.2 Å². The van der Waals surface area contributed by atoms with E-state index in [1.165, 1.54) is 19.4 Å². The maximum absolute atomic E-state index is 5.91. The van der Waals surface area contributed by atoms with Crippen LogP contribution in [0, 0.1) is 0 Å². The summed E-state index contributed by atoms with van der Waals surface area (Å²) in [5, 5.41) is 3.48. The second-order valence-corrected chi connectivity index (χ2v) is 5.26. The van der Waals surface area contributed by atoms with E-state index in [2.05, 4.69) is 24.2 Å². The van der Waals surface area contributed by atoms with Gasteiger partial charge in [-0.2, -0.15) is 0 Å². The van der Waals surface area contributed by atoms with Gasteiger partial charge in [0, 0.05) is 24.3 Å². The largest absolute Gasteiger partial charge is 0.491 e. The fourth-order valence-electron chi connectivity index (χ4n) is 2.45. The molecule has 0 aliphatic carbocycles. The molecule has 1 aliphatic rings. The van der Waals surface area contributed by atoms with Gasteiger partial charge in [0.25, 0.3) is 0 Å². The van der Waals surface area contributed by atoms with Crippen LogP contribution in [0.25, 0.3) is 0 Å². The van der Waals surface area contributed by atoms with Crippen molar-refractivity contribution in [1.82, 2.24) is 4.90 Å². The van der Waals surface area contributed by atoms with Gasteiger partial charge in [-0.3, -0.25) is 0 Å². The summed E-state index contributed by atoms with van der Waals surface area (Å²) >= 11 is 0. The first-order valence-electron chi connectivity index (χ1n) is 7.17. The second kappa shape index (κ2) is 6.66. The monoisotopic (exact) mass is 263 g/mol. The van der Waals surface area contributed by atoms with Crippen molar-refractivity contribution in [3.8, 4) is 5.75 Å². The summed E-state index contributed by atoms with van der Waals surface area (Å²) < 4.78 is 5.64. The Morgan fingerprint density at radius 2 is 2.32 bits per heavy atom. The van der Waals surface area contributed by atoms with Gasteiger partial charge in [-0.25, -0.2) is 0 Å². The quantitative estimate of drug-likeness (QED) is 0.775. The summed E-state index contributed by atoms with van der Waals surface area (Å²) in [6.45, 7) is 4.99. The lowest BCUT2D eigenvalue weighted by molar-refractivity contribution is 0.318. The Labute approximate surface area is 115 Å². The molecular formula is C15H25N3O. The zero-order valence-corrected chi connectivity index (χ0v) is 12.0. The zero-order valence-electron chi connectivity index (χ0n) is 12.0. The Kier molecular flexibility index (Phi) is 4.91. The predicted molar refractivity (Wildman–Crippen MR) is 80.8 cm³/mol. The summed E-state index contributed by atoms with van der Waals surface area (Å²) in [5.74, 6) is 0.784. The molecule has 1 atom stereocenters. The number of hydrogen-bond acceptors (Lipinski definition) is 4. The maximum atomic E-state index is 5.91. The van der Waals surface area contributed by atoms with Crippen LogP contribution in [0.1, 0.15) is 26.2 Å². The standard InChI is InChI=1S/C15H25N3O/c1-3-9-19-15-10-12(6-7-14(15)16)17-11-13-5-4-8-18(13)2/h6-7,10,13,17H,3-5,8-9,11,16H2,1-2H3. The molecule has 1 aromatic rings. The first-order chi connectivity index (χ1) is 9.20. The van der Waals surface area contributed by atoms with Crippen LogP contribution in [-0.4, -0.2) is 37.7 Å². The highest BCUT2D eigenvalue weighted by Crippen LogP contribution is 2.26. The van der Waals surface area contributed by atoms with Crippen LogP contribution < -0.4 is 15.8 Å². The molecule has 0 amide bonds. The normalized spacial score (nSPS) is 19.6. The number of anilines is 2. The number of likely N-dealkylation sites (N-methyl/N-ethyl adjacent to an activating group) is 1. The summed E-state index contributed by atoms with van der Waals surface area (Å²) in [6.07, 6.45) is 3.57. The summed E-state index contributed by atoms with van der Waals surface area (Å²) in [6, 6.07) is 6.56. The van der Waals surface area contributed by atoms with Crippen LogP contribution in [0.3, 0.4) is 0 Å². The predicted octanol–water partition coefficient (Wildman–Crippen LogP) is 2.56. The van der Waals surface area contributed by atoms with E-state index in [0.717, 1.165) is 24.4 Å². The van der Waals surface area contributed by atoms with Gasteiger partial charge in [-0.15, -0.1) is 0 Å². The average Bonchev–Trinajstić information content (AvgIpc) is 2.82. The van der Waals surface area contributed by atoms with Crippen LogP contribution in [0.15, 0.2) is 18.2 Å². The number of nitrogens with two attached hydrogens (primary N) is 1. The van der Waals surface area contributed by atoms with Gasteiger partial charge in [0.05, 0.1) is 12.3 Å². The SMILES string of the molecule is CCCOc1cc(NCC2CCCN2C)ccc1N. The Bertz CT molecular complexity index is 408. The number of hydrogen-bond donors (Lipinski definition) is 2. The molecule has 106 valence electrons. The molecule has 0 spiro atoms. The van der Waals surface area contributed by atoms with Crippen molar-refractivity contribution < 1.29 is 4.74 Å². The number of nitrogens with zero attached hydrogens (tertiary/aromatic N) is 1. The van der Waals surface area contributed by atoms with Crippen LogP contribution >= 0.6 is 0 Å². The molecule has 19 heavy (non-hydrogen) atoms. The first-order valence-corrected chi connectivity index (χ1v) is 7.17. The van der Waals surface area contributed by atoms with Crippen molar-refractivity contribution in [3.63, 3.8) is 0 Å². The molecule has 0 saturated carbocycles. The van der Waals surface area contributed by atoms with Gasteiger partial charge in [0.15, 0.2) is 0 Å². The summed E-state index contributed by atoms with van der Waals surface area (Å²) in [7, 11) is 2.19. The van der Waals surface area contributed by atoms with E-state index in [0.29, 0.717) is 18.3 Å². The van der Waals surface area contributed by atoms with E-state index < -0.39 is 0 Å². The molecule has 1 unspecified atom stereocenters. The summed E-state index contributed by atoms with van der Waals surface area (Å²) in [4.78, 5) is 2.42. The molecular weight excluding hydrogens is 238 g/mol. The smallest absolute Gasteiger partial charge is 0.144 e. The third kappa shape index (κ3) is 3.77. The Morgan fingerprint density at radius 1 is 1.47 bits per heavy atom. The molecule has 0 radical (unpaired) electrons. The highest BCUT2D eigenvalue weighted by molar-refractivity contribution is 5.61. The molecule has 1 aliphatic heterocycles. The lowest BCUT2D eigenvalue weighted by Gasteiger charge is -2.20. The van der Waals surface area contributed by atoms with E-state index in [9.17, 15) is 0 Å². The molecule has 4 heteroatoms. The first kappa shape index (κ1) is 14.0. The fourth-order valence-corrected chi connectivity index (χ4v) is 2.45. The van der Waals surface area contributed by atoms with Crippen molar-refractivity contribution in [2.24, 2.45) is 0 Å². The number of benzene rings is 1. The lowest BCUT2D eigenvalue weighted by Crippen LogP contribution is -2.31. The Hall–Kier alpha value is -1.42. The lowest BCUT2D eigenvalue weighted by atomic mass is 10.2. The molecule has 1 fully saturated rings. The van der Waals surface area contributed by atoms with Crippen molar-refractivity contribution >= 4 is 11.4 Å². The third-order valence-corrected chi connectivity index (χ3v) is 3.69. The van der Waals surface area contributed by atoms with Gasteiger partial charge in [-0.1, -0.05) is 6.92 Å². The highest BCUT2D eigenvalue weighted by atomic mass is 16.5. The van der Waals surface area contributed by atoms with Gasteiger partial charge in [0.2, 0.25) is 0 Å². The van der Waals surface area contributed by atoms with Crippen molar-refractivity contribution in [1.29, 1.82) is 0 Å². The molecule has 0 bridgehead atoms. The van der Waals surface area contributed by atoms with Crippen LogP contribution in [0.2, 0.25) is 0 Å². The van der Waals surface area contributed by atoms with Crippen LogP contribution in [-0.2, 0) is 0 Å². The van der Waals surface area contributed by atoms with Gasteiger partial charge in [-0.05, 0) is 45.0 Å².